The monoisotopic (exact) mass is 380 g/mol. The van der Waals surface area contributed by atoms with Crippen LogP contribution < -0.4 is 5.32 Å². The third kappa shape index (κ3) is 3.94. The molecule has 6 nitrogen and oxygen atoms in total. The molecule has 0 aromatic heterocycles. The van der Waals surface area contributed by atoms with Crippen LogP contribution in [-0.2, 0) is 14.8 Å². The summed E-state index contributed by atoms with van der Waals surface area (Å²) in [6.07, 6.45) is 2.53. The molecule has 144 valence electrons. The van der Waals surface area contributed by atoms with Crippen molar-refractivity contribution in [1.29, 1.82) is 0 Å². The van der Waals surface area contributed by atoms with Gasteiger partial charge in [0.2, 0.25) is 10.0 Å². The van der Waals surface area contributed by atoms with Crippen LogP contribution in [0.2, 0.25) is 0 Å². The summed E-state index contributed by atoms with van der Waals surface area (Å²) in [4.78, 5) is 12.8. The summed E-state index contributed by atoms with van der Waals surface area (Å²) in [5.74, 6) is 0.308. The van der Waals surface area contributed by atoms with Crippen LogP contribution in [0.1, 0.15) is 47.7 Å². The number of aryl methyl sites for hydroxylation is 1. The SMILES string of the molecule is Cc1cc(C(=O)N[C@H]2CCOC2)cc(S(=O)(=O)N2CCC(C)CC2)c1C. The summed E-state index contributed by atoms with van der Waals surface area (Å²) < 4.78 is 33.2. The zero-order valence-electron chi connectivity index (χ0n) is 15.7. The van der Waals surface area contributed by atoms with Gasteiger partial charge in [0, 0.05) is 25.3 Å². The maximum Gasteiger partial charge on any atom is 0.251 e. The summed E-state index contributed by atoms with van der Waals surface area (Å²) in [5, 5.41) is 2.93. The molecule has 0 saturated carbocycles. The van der Waals surface area contributed by atoms with Crippen LogP contribution in [0.4, 0.5) is 0 Å². The van der Waals surface area contributed by atoms with Gasteiger partial charge in [0.15, 0.2) is 0 Å². The van der Waals surface area contributed by atoms with Crippen LogP contribution in [0.3, 0.4) is 0 Å². The molecule has 1 amide bonds. The smallest absolute Gasteiger partial charge is 0.251 e. The summed E-state index contributed by atoms with van der Waals surface area (Å²) >= 11 is 0. The normalized spacial score (nSPS) is 22.5. The number of hydrogen-bond acceptors (Lipinski definition) is 4. The van der Waals surface area contributed by atoms with Crippen LogP contribution in [0.25, 0.3) is 0 Å². The van der Waals surface area contributed by atoms with Gasteiger partial charge >= 0.3 is 0 Å². The Morgan fingerprint density at radius 1 is 1.19 bits per heavy atom. The van der Waals surface area contributed by atoms with Crippen molar-refractivity contribution in [3.8, 4) is 0 Å². The number of nitrogens with one attached hydrogen (secondary N) is 1. The molecule has 1 N–H and O–H groups in total. The Morgan fingerprint density at radius 2 is 1.88 bits per heavy atom. The van der Waals surface area contributed by atoms with E-state index in [0.717, 1.165) is 24.8 Å². The van der Waals surface area contributed by atoms with Crippen LogP contribution in [0, 0.1) is 19.8 Å². The predicted molar refractivity (Wildman–Crippen MR) is 99.8 cm³/mol. The van der Waals surface area contributed by atoms with E-state index in [0.29, 0.717) is 43.3 Å². The number of nitrogens with zero attached hydrogens (tertiary/aromatic N) is 1. The number of carbonyl (C=O) groups excluding carboxylic acids is 1. The first-order chi connectivity index (χ1) is 12.3. The third-order valence-corrected chi connectivity index (χ3v) is 7.53. The molecule has 2 saturated heterocycles. The second-order valence-corrected chi connectivity index (χ2v) is 9.44. The molecule has 2 heterocycles. The third-order valence-electron chi connectivity index (χ3n) is 5.51. The second-order valence-electron chi connectivity index (χ2n) is 7.54. The fraction of sp³-hybridized carbons (Fsp3) is 0.632. The summed E-state index contributed by atoms with van der Waals surface area (Å²) in [6.45, 7) is 8.04. The highest BCUT2D eigenvalue weighted by molar-refractivity contribution is 7.89. The van der Waals surface area contributed by atoms with Gasteiger partial charge < -0.3 is 10.1 Å². The largest absolute Gasteiger partial charge is 0.379 e. The Morgan fingerprint density at radius 3 is 2.50 bits per heavy atom. The highest BCUT2D eigenvalue weighted by Gasteiger charge is 2.30. The molecule has 2 fully saturated rings. The van der Waals surface area contributed by atoms with E-state index in [-0.39, 0.29) is 16.8 Å². The number of carbonyl (C=O) groups is 1. The van der Waals surface area contributed by atoms with Gasteiger partial charge in [-0.05, 0) is 62.3 Å². The van der Waals surface area contributed by atoms with Gasteiger partial charge in [-0.25, -0.2) is 8.42 Å². The van der Waals surface area contributed by atoms with E-state index >= 15 is 0 Å². The highest BCUT2D eigenvalue weighted by Crippen LogP contribution is 2.28. The Kier molecular flexibility index (Phi) is 5.69. The Balaban J connectivity index is 1.88. The van der Waals surface area contributed by atoms with E-state index in [2.05, 4.69) is 12.2 Å². The van der Waals surface area contributed by atoms with Gasteiger partial charge in [0.25, 0.3) is 5.91 Å². The zero-order valence-corrected chi connectivity index (χ0v) is 16.6. The first kappa shape index (κ1) is 19.3. The molecule has 0 bridgehead atoms. The van der Waals surface area contributed by atoms with Crippen molar-refractivity contribution >= 4 is 15.9 Å². The molecule has 0 unspecified atom stereocenters. The molecule has 26 heavy (non-hydrogen) atoms. The van der Waals surface area contributed by atoms with Gasteiger partial charge in [-0.3, -0.25) is 4.79 Å². The highest BCUT2D eigenvalue weighted by atomic mass is 32.2. The number of rotatable bonds is 4. The Bertz CT molecular complexity index is 777. The standard InChI is InChI=1S/C19H28N2O4S/c1-13-4-7-21(8-5-13)26(23,24)18-11-16(10-14(2)15(18)3)19(22)20-17-6-9-25-12-17/h10-11,13,17H,4-9,12H2,1-3H3,(H,20,22)/t17-/m0/s1. The average Bonchev–Trinajstić information content (AvgIpc) is 3.10. The molecule has 0 aliphatic carbocycles. The molecule has 2 aliphatic rings. The average molecular weight is 381 g/mol. The van der Waals surface area contributed by atoms with Crippen LogP contribution in [-0.4, -0.2) is 51.0 Å². The Labute approximate surface area is 156 Å². The lowest BCUT2D eigenvalue weighted by atomic mass is 10.0. The molecular weight excluding hydrogens is 352 g/mol. The van der Waals surface area contributed by atoms with E-state index in [1.807, 2.05) is 6.92 Å². The molecule has 0 radical (unpaired) electrons. The van der Waals surface area contributed by atoms with Crippen molar-refractivity contribution in [1.82, 2.24) is 9.62 Å². The van der Waals surface area contributed by atoms with Crippen molar-refractivity contribution in [2.24, 2.45) is 5.92 Å². The summed E-state index contributed by atoms with van der Waals surface area (Å²) in [7, 11) is -3.59. The molecule has 0 spiro atoms. The number of amides is 1. The van der Waals surface area contributed by atoms with Crippen molar-refractivity contribution in [3.05, 3.63) is 28.8 Å². The van der Waals surface area contributed by atoms with Gasteiger partial charge in [-0.15, -0.1) is 0 Å². The van der Waals surface area contributed by atoms with E-state index in [1.165, 1.54) is 6.07 Å². The number of ether oxygens (including phenoxy) is 1. The van der Waals surface area contributed by atoms with E-state index < -0.39 is 10.0 Å². The van der Waals surface area contributed by atoms with Crippen LogP contribution in [0.15, 0.2) is 17.0 Å². The van der Waals surface area contributed by atoms with Crippen molar-refractivity contribution in [2.45, 2.75) is 51.0 Å². The lowest BCUT2D eigenvalue weighted by molar-refractivity contribution is 0.0929. The van der Waals surface area contributed by atoms with Crippen molar-refractivity contribution in [3.63, 3.8) is 0 Å². The molecule has 1 aromatic carbocycles. The molecule has 2 aliphatic heterocycles. The van der Waals surface area contributed by atoms with Gasteiger partial charge in [0.05, 0.1) is 17.5 Å². The predicted octanol–water partition coefficient (Wildman–Crippen LogP) is 2.24. The lowest BCUT2D eigenvalue weighted by Gasteiger charge is -2.30. The number of benzene rings is 1. The van der Waals surface area contributed by atoms with E-state index in [1.54, 1.807) is 17.3 Å². The molecule has 1 aromatic rings. The number of sulfonamides is 1. The minimum atomic E-state index is -3.59. The summed E-state index contributed by atoms with van der Waals surface area (Å²) in [5.41, 5.74) is 1.91. The maximum atomic E-state index is 13.2. The van der Waals surface area contributed by atoms with E-state index in [9.17, 15) is 13.2 Å². The number of piperidine rings is 1. The van der Waals surface area contributed by atoms with Gasteiger partial charge in [-0.1, -0.05) is 6.92 Å². The first-order valence-corrected chi connectivity index (χ1v) is 10.7. The van der Waals surface area contributed by atoms with E-state index in [4.69, 9.17) is 4.74 Å². The molecule has 7 heteroatoms. The molecule has 3 rings (SSSR count). The van der Waals surface area contributed by atoms with Crippen molar-refractivity contribution in [2.75, 3.05) is 26.3 Å². The Hall–Kier alpha value is -1.44. The molecule has 1 atom stereocenters. The minimum absolute atomic E-state index is 0.00671. The topological polar surface area (TPSA) is 75.7 Å². The maximum absolute atomic E-state index is 13.2. The first-order valence-electron chi connectivity index (χ1n) is 9.29. The molecular formula is C19H28N2O4S. The van der Waals surface area contributed by atoms with Crippen LogP contribution >= 0.6 is 0 Å². The fourth-order valence-corrected chi connectivity index (χ4v) is 5.30. The quantitative estimate of drug-likeness (QED) is 0.869. The fourth-order valence-electron chi connectivity index (χ4n) is 3.51. The van der Waals surface area contributed by atoms with Gasteiger partial charge in [-0.2, -0.15) is 4.31 Å². The number of hydrogen-bond donors (Lipinski definition) is 1. The minimum Gasteiger partial charge on any atom is -0.379 e. The van der Waals surface area contributed by atoms with Crippen LogP contribution in [0.5, 0.6) is 0 Å². The van der Waals surface area contributed by atoms with Gasteiger partial charge in [0.1, 0.15) is 0 Å². The second kappa shape index (κ2) is 7.66. The summed E-state index contributed by atoms with van der Waals surface area (Å²) in [6, 6.07) is 3.28. The lowest BCUT2D eigenvalue weighted by Crippen LogP contribution is -2.38. The zero-order chi connectivity index (χ0) is 18.9. The van der Waals surface area contributed by atoms with Crippen molar-refractivity contribution < 1.29 is 17.9 Å².